The van der Waals surface area contributed by atoms with Crippen molar-refractivity contribution in [3.8, 4) is 5.75 Å². The van der Waals surface area contributed by atoms with Gasteiger partial charge in [0.2, 0.25) is 0 Å². The molecule has 30 heavy (non-hydrogen) atoms. The number of ether oxygens (including phenoxy) is 3. The van der Waals surface area contributed by atoms with E-state index in [1.54, 1.807) is 24.3 Å². The van der Waals surface area contributed by atoms with Gasteiger partial charge in [-0.15, -0.1) is 0 Å². The van der Waals surface area contributed by atoms with Crippen LogP contribution in [0.2, 0.25) is 0 Å². The molecule has 0 aliphatic rings. The summed E-state index contributed by atoms with van der Waals surface area (Å²) in [7, 11) is 3.02. The van der Waals surface area contributed by atoms with E-state index in [-0.39, 0.29) is 16.9 Å². The number of nitrogens with zero attached hydrogens (tertiary/aromatic N) is 1. The standard InChI is InChI=1S/C20H23N3O7/c1-13(19(24)22-15-5-4-6-16(12-15)29-3)30-20(25)14-7-8-17(21-9-10-28-2)18(11-14)23(26)27/h4-8,11-13,21H,9-10H2,1-3H3,(H,22,24)/t13-/m0/s1. The lowest BCUT2D eigenvalue weighted by Crippen LogP contribution is -2.30. The summed E-state index contributed by atoms with van der Waals surface area (Å²) in [5, 5.41) is 16.8. The molecule has 0 spiro atoms. The zero-order chi connectivity index (χ0) is 22.1. The quantitative estimate of drug-likeness (QED) is 0.261. The van der Waals surface area contributed by atoms with Gasteiger partial charge in [0.05, 0.1) is 24.2 Å². The van der Waals surface area contributed by atoms with E-state index in [9.17, 15) is 19.7 Å². The highest BCUT2D eigenvalue weighted by Gasteiger charge is 2.22. The number of nitro benzene ring substituents is 1. The molecule has 2 N–H and O–H groups in total. The van der Waals surface area contributed by atoms with Crippen LogP contribution in [0.1, 0.15) is 17.3 Å². The number of amides is 1. The second-order valence-corrected chi connectivity index (χ2v) is 6.18. The van der Waals surface area contributed by atoms with Crippen LogP contribution in [0.5, 0.6) is 5.75 Å². The second kappa shape index (κ2) is 10.8. The highest BCUT2D eigenvalue weighted by molar-refractivity contribution is 5.98. The summed E-state index contributed by atoms with van der Waals surface area (Å²) >= 11 is 0. The van der Waals surface area contributed by atoms with Gasteiger partial charge in [0, 0.05) is 31.5 Å². The smallest absolute Gasteiger partial charge is 0.339 e. The van der Waals surface area contributed by atoms with Gasteiger partial charge >= 0.3 is 5.97 Å². The maximum atomic E-state index is 12.4. The predicted octanol–water partition coefficient (Wildman–Crippen LogP) is 2.85. The third-order valence-corrected chi connectivity index (χ3v) is 4.04. The maximum absolute atomic E-state index is 12.4. The number of carbonyl (C=O) groups excluding carboxylic acids is 2. The van der Waals surface area contributed by atoms with Gasteiger partial charge in [0.1, 0.15) is 11.4 Å². The van der Waals surface area contributed by atoms with Gasteiger partial charge in [0.15, 0.2) is 6.10 Å². The average molecular weight is 417 g/mol. The van der Waals surface area contributed by atoms with Crippen molar-refractivity contribution in [2.75, 3.05) is 38.0 Å². The number of hydrogen-bond donors (Lipinski definition) is 2. The number of anilines is 2. The lowest BCUT2D eigenvalue weighted by atomic mass is 10.1. The van der Waals surface area contributed by atoms with Gasteiger partial charge in [-0.25, -0.2) is 4.79 Å². The van der Waals surface area contributed by atoms with Gasteiger partial charge in [-0.2, -0.15) is 0 Å². The molecule has 160 valence electrons. The first-order chi connectivity index (χ1) is 14.3. The van der Waals surface area contributed by atoms with Crippen LogP contribution in [-0.2, 0) is 14.3 Å². The molecule has 0 bridgehead atoms. The summed E-state index contributed by atoms with van der Waals surface area (Å²) in [6, 6.07) is 10.6. The monoisotopic (exact) mass is 417 g/mol. The fourth-order valence-corrected chi connectivity index (χ4v) is 2.47. The van der Waals surface area contributed by atoms with Crippen LogP contribution in [0.4, 0.5) is 17.1 Å². The minimum Gasteiger partial charge on any atom is -0.497 e. The van der Waals surface area contributed by atoms with Gasteiger partial charge in [-0.05, 0) is 31.2 Å². The second-order valence-electron chi connectivity index (χ2n) is 6.18. The molecule has 0 saturated carbocycles. The molecule has 0 aliphatic carbocycles. The van der Waals surface area contributed by atoms with E-state index in [1.165, 1.54) is 33.3 Å². The van der Waals surface area contributed by atoms with Crippen LogP contribution in [0, 0.1) is 10.1 Å². The van der Waals surface area contributed by atoms with E-state index >= 15 is 0 Å². The summed E-state index contributed by atoms with van der Waals surface area (Å²) in [5.74, 6) is -0.845. The molecule has 1 amide bonds. The number of methoxy groups -OCH3 is 2. The Balaban J connectivity index is 2.05. The molecule has 0 aliphatic heterocycles. The molecule has 2 aromatic rings. The Morgan fingerprint density at radius 3 is 2.60 bits per heavy atom. The molecule has 2 aromatic carbocycles. The molecule has 0 unspecified atom stereocenters. The van der Waals surface area contributed by atoms with E-state index in [0.717, 1.165) is 6.07 Å². The molecular weight excluding hydrogens is 394 g/mol. The molecule has 0 saturated heterocycles. The van der Waals surface area contributed by atoms with Gasteiger partial charge in [0.25, 0.3) is 11.6 Å². The van der Waals surface area contributed by atoms with Crippen molar-refractivity contribution in [1.29, 1.82) is 0 Å². The first-order valence-electron chi connectivity index (χ1n) is 9.03. The lowest BCUT2D eigenvalue weighted by Gasteiger charge is -2.14. The molecular formula is C20H23N3O7. The van der Waals surface area contributed by atoms with Crippen molar-refractivity contribution in [1.82, 2.24) is 0 Å². The Labute approximate surface area is 173 Å². The number of carbonyl (C=O) groups is 2. The van der Waals surface area contributed by atoms with Crippen LogP contribution in [0.25, 0.3) is 0 Å². The van der Waals surface area contributed by atoms with Crippen molar-refractivity contribution >= 4 is 28.9 Å². The van der Waals surface area contributed by atoms with E-state index < -0.39 is 22.9 Å². The first-order valence-corrected chi connectivity index (χ1v) is 9.03. The fraction of sp³-hybridized carbons (Fsp3) is 0.300. The Kier molecular flexibility index (Phi) is 8.12. The third kappa shape index (κ3) is 6.17. The van der Waals surface area contributed by atoms with E-state index in [1.807, 2.05) is 0 Å². The van der Waals surface area contributed by atoms with E-state index in [2.05, 4.69) is 10.6 Å². The highest BCUT2D eigenvalue weighted by atomic mass is 16.6. The normalized spacial score (nSPS) is 11.3. The summed E-state index contributed by atoms with van der Waals surface area (Å²) in [6.45, 7) is 2.13. The van der Waals surface area contributed by atoms with Crippen LogP contribution in [0.15, 0.2) is 42.5 Å². The number of hydrogen-bond acceptors (Lipinski definition) is 8. The Morgan fingerprint density at radius 2 is 1.93 bits per heavy atom. The molecule has 10 nitrogen and oxygen atoms in total. The van der Waals surface area contributed by atoms with Crippen molar-refractivity contribution in [2.45, 2.75) is 13.0 Å². The predicted molar refractivity (Wildman–Crippen MR) is 110 cm³/mol. The van der Waals surface area contributed by atoms with Crippen molar-refractivity contribution in [3.63, 3.8) is 0 Å². The Bertz CT molecular complexity index is 917. The molecule has 0 fully saturated rings. The molecule has 1 atom stereocenters. The Morgan fingerprint density at radius 1 is 1.17 bits per heavy atom. The number of nitro groups is 1. The summed E-state index contributed by atoms with van der Waals surface area (Å²) in [4.78, 5) is 35.4. The summed E-state index contributed by atoms with van der Waals surface area (Å²) in [5.41, 5.74) is 0.399. The van der Waals surface area contributed by atoms with E-state index in [0.29, 0.717) is 24.6 Å². The zero-order valence-corrected chi connectivity index (χ0v) is 16.8. The summed E-state index contributed by atoms with van der Waals surface area (Å²) < 4.78 is 15.1. The maximum Gasteiger partial charge on any atom is 0.339 e. The number of rotatable bonds is 10. The van der Waals surface area contributed by atoms with Gasteiger partial charge in [-0.3, -0.25) is 14.9 Å². The molecule has 0 radical (unpaired) electrons. The van der Waals surface area contributed by atoms with Crippen LogP contribution in [0.3, 0.4) is 0 Å². The number of benzene rings is 2. The van der Waals surface area contributed by atoms with Crippen LogP contribution < -0.4 is 15.4 Å². The van der Waals surface area contributed by atoms with Crippen LogP contribution >= 0.6 is 0 Å². The molecule has 0 aromatic heterocycles. The average Bonchev–Trinajstić information content (AvgIpc) is 2.73. The van der Waals surface area contributed by atoms with Crippen molar-refractivity contribution in [3.05, 3.63) is 58.1 Å². The topological polar surface area (TPSA) is 129 Å². The third-order valence-electron chi connectivity index (χ3n) is 4.04. The number of esters is 1. The first kappa shape index (κ1) is 22.6. The van der Waals surface area contributed by atoms with E-state index in [4.69, 9.17) is 14.2 Å². The zero-order valence-electron chi connectivity index (χ0n) is 16.8. The lowest BCUT2D eigenvalue weighted by molar-refractivity contribution is -0.384. The van der Waals surface area contributed by atoms with Crippen LogP contribution in [-0.4, -0.2) is 50.3 Å². The SMILES string of the molecule is COCCNc1ccc(C(=O)O[C@@H](C)C(=O)Nc2cccc(OC)c2)cc1[N+](=O)[O-]. The highest BCUT2D eigenvalue weighted by Crippen LogP contribution is 2.26. The molecule has 10 heteroatoms. The Hall–Kier alpha value is -3.66. The van der Waals surface area contributed by atoms with Gasteiger partial charge in [-0.1, -0.05) is 6.07 Å². The van der Waals surface area contributed by atoms with Crippen molar-refractivity contribution < 1.29 is 28.7 Å². The molecule has 0 heterocycles. The minimum absolute atomic E-state index is 0.0416. The van der Waals surface area contributed by atoms with Gasteiger partial charge < -0.3 is 24.8 Å². The molecule has 2 rings (SSSR count). The largest absolute Gasteiger partial charge is 0.497 e. The summed E-state index contributed by atoms with van der Waals surface area (Å²) in [6.07, 6.45) is -1.12. The fourth-order valence-electron chi connectivity index (χ4n) is 2.47. The number of nitrogens with one attached hydrogen (secondary N) is 2. The minimum atomic E-state index is -1.12. The van der Waals surface area contributed by atoms with Crippen molar-refractivity contribution in [2.24, 2.45) is 0 Å².